The average molecular weight is 261 g/mol. The average Bonchev–Trinajstić information content (AvgIpc) is 2.52. The Kier molecular flexibility index (Phi) is 5.35. The van der Waals surface area contributed by atoms with Crippen LogP contribution in [0.4, 0.5) is 0 Å². The Morgan fingerprint density at radius 2 is 2.31 bits per heavy atom. The van der Waals surface area contributed by atoms with Crippen LogP contribution in [0.15, 0.2) is 22.0 Å². The molecule has 0 aromatic carbocycles. The number of thiophene rings is 1. The van der Waals surface area contributed by atoms with Crippen molar-refractivity contribution in [2.24, 2.45) is 0 Å². The zero-order chi connectivity index (χ0) is 9.52. The quantitative estimate of drug-likeness (QED) is 0.801. The van der Waals surface area contributed by atoms with E-state index >= 15 is 0 Å². The van der Waals surface area contributed by atoms with E-state index in [1.165, 1.54) is 4.88 Å². The van der Waals surface area contributed by atoms with Crippen LogP contribution in [0.1, 0.15) is 24.1 Å². The van der Waals surface area contributed by atoms with Crippen molar-refractivity contribution < 1.29 is 5.11 Å². The monoisotopic (exact) mass is 260 g/mol. The van der Waals surface area contributed by atoms with Gasteiger partial charge in [-0.25, -0.2) is 0 Å². The summed E-state index contributed by atoms with van der Waals surface area (Å²) in [5.41, 5.74) is 0. The Labute approximate surface area is 91.2 Å². The Morgan fingerprint density at radius 3 is 2.92 bits per heavy atom. The maximum atomic E-state index is 8.56. The van der Waals surface area contributed by atoms with Gasteiger partial charge in [0.05, 0.1) is 0 Å². The van der Waals surface area contributed by atoms with Crippen molar-refractivity contribution in [3.8, 4) is 0 Å². The first-order valence-corrected chi connectivity index (χ1v) is 6.02. The maximum Gasteiger partial charge on any atom is 0.0431 e. The molecule has 0 bridgehead atoms. The first kappa shape index (κ1) is 11.0. The second-order valence-corrected chi connectivity index (χ2v) is 4.56. The van der Waals surface area contributed by atoms with Crippen LogP contribution in [-0.4, -0.2) is 11.7 Å². The molecule has 0 aliphatic carbocycles. The van der Waals surface area contributed by atoms with Crippen molar-refractivity contribution in [3.05, 3.63) is 26.9 Å². The van der Waals surface area contributed by atoms with Crippen LogP contribution in [0.3, 0.4) is 0 Å². The molecule has 0 atom stereocenters. The summed E-state index contributed by atoms with van der Waals surface area (Å²) >= 11 is 5.20. The molecule has 0 amide bonds. The van der Waals surface area contributed by atoms with Crippen LogP contribution < -0.4 is 0 Å². The van der Waals surface area contributed by atoms with E-state index < -0.39 is 0 Å². The van der Waals surface area contributed by atoms with Crippen molar-refractivity contribution in [1.82, 2.24) is 0 Å². The summed E-state index contributed by atoms with van der Waals surface area (Å²) in [6.45, 7) is 0.302. The van der Waals surface area contributed by atoms with Crippen molar-refractivity contribution in [3.63, 3.8) is 0 Å². The van der Waals surface area contributed by atoms with E-state index in [1.807, 2.05) is 0 Å². The van der Waals surface area contributed by atoms with Crippen LogP contribution in [0, 0.1) is 0 Å². The lowest BCUT2D eigenvalue weighted by Gasteiger charge is -1.91. The molecule has 3 heteroatoms. The van der Waals surface area contributed by atoms with Gasteiger partial charge in [0.2, 0.25) is 0 Å². The van der Waals surface area contributed by atoms with Gasteiger partial charge in [-0.1, -0.05) is 6.08 Å². The number of rotatable bonds is 5. The van der Waals surface area contributed by atoms with Gasteiger partial charge in [-0.3, -0.25) is 0 Å². The van der Waals surface area contributed by atoms with Gasteiger partial charge in [-0.05, 0) is 52.7 Å². The third kappa shape index (κ3) is 4.07. The third-order valence-electron chi connectivity index (χ3n) is 1.69. The van der Waals surface area contributed by atoms with Crippen LogP contribution in [0.25, 0.3) is 6.08 Å². The topological polar surface area (TPSA) is 20.2 Å². The maximum absolute atomic E-state index is 8.56. The number of hydrogen-bond acceptors (Lipinski definition) is 2. The number of aliphatic hydroxyl groups excluding tert-OH is 1. The van der Waals surface area contributed by atoms with Crippen molar-refractivity contribution >= 4 is 33.3 Å². The highest BCUT2D eigenvalue weighted by molar-refractivity contribution is 9.10. The molecule has 0 fully saturated rings. The molecule has 1 aromatic rings. The van der Waals surface area contributed by atoms with Gasteiger partial charge in [0.25, 0.3) is 0 Å². The third-order valence-corrected chi connectivity index (χ3v) is 3.53. The summed E-state index contributed by atoms with van der Waals surface area (Å²) in [4.78, 5) is 1.27. The van der Waals surface area contributed by atoms with E-state index in [0.29, 0.717) is 6.61 Å². The smallest absolute Gasteiger partial charge is 0.0431 e. The van der Waals surface area contributed by atoms with E-state index in [4.69, 9.17) is 5.11 Å². The van der Waals surface area contributed by atoms with Crippen LogP contribution in [0.2, 0.25) is 0 Å². The number of unbranched alkanes of at least 4 members (excludes halogenated alkanes) is 2. The number of halogens is 1. The highest BCUT2D eigenvalue weighted by Crippen LogP contribution is 2.24. The molecule has 0 radical (unpaired) electrons. The van der Waals surface area contributed by atoms with Crippen molar-refractivity contribution in [2.75, 3.05) is 6.61 Å². The number of hydrogen-bond donors (Lipinski definition) is 1. The van der Waals surface area contributed by atoms with Gasteiger partial charge in [0.15, 0.2) is 0 Å². The van der Waals surface area contributed by atoms with Gasteiger partial charge in [-0.2, -0.15) is 0 Å². The minimum Gasteiger partial charge on any atom is -0.396 e. The second kappa shape index (κ2) is 6.35. The zero-order valence-electron chi connectivity index (χ0n) is 7.37. The molecule has 1 aromatic heterocycles. The minimum atomic E-state index is 0.302. The van der Waals surface area contributed by atoms with Crippen molar-refractivity contribution in [2.45, 2.75) is 19.3 Å². The lowest BCUT2D eigenvalue weighted by Crippen LogP contribution is -1.79. The molecule has 1 nitrogen and oxygen atoms in total. The summed E-state index contributed by atoms with van der Waals surface area (Å²) in [5.74, 6) is 0. The lowest BCUT2D eigenvalue weighted by molar-refractivity contribution is 0.285. The Bertz CT molecular complexity index is 268. The van der Waals surface area contributed by atoms with E-state index in [9.17, 15) is 0 Å². The fourth-order valence-corrected chi connectivity index (χ4v) is 2.41. The molecule has 0 aliphatic rings. The summed E-state index contributed by atoms with van der Waals surface area (Å²) in [5, 5.41) is 10.6. The van der Waals surface area contributed by atoms with Gasteiger partial charge >= 0.3 is 0 Å². The molecule has 0 unspecified atom stereocenters. The normalized spacial score (nSPS) is 11.2. The molecule has 1 N–H and O–H groups in total. The van der Waals surface area contributed by atoms with E-state index in [1.54, 1.807) is 11.3 Å². The molecule has 72 valence electrons. The Morgan fingerprint density at radius 1 is 1.46 bits per heavy atom. The predicted octanol–water partition coefficient (Wildman–Crippen LogP) is 3.69. The molecular weight excluding hydrogens is 248 g/mol. The largest absolute Gasteiger partial charge is 0.396 e. The van der Waals surface area contributed by atoms with E-state index in [2.05, 4.69) is 39.5 Å². The fourth-order valence-electron chi connectivity index (χ4n) is 0.989. The van der Waals surface area contributed by atoms with Crippen molar-refractivity contribution in [1.29, 1.82) is 0 Å². The molecule has 1 heterocycles. The predicted molar refractivity (Wildman–Crippen MR) is 62.0 cm³/mol. The standard InChI is InChI=1S/C10H13BrOS/c11-9-6-8-13-10(9)5-3-1-2-4-7-12/h3,5-6,8,12H,1-2,4,7H2/b5-3+. The second-order valence-electron chi connectivity index (χ2n) is 2.75. The van der Waals surface area contributed by atoms with Crippen LogP contribution in [-0.2, 0) is 0 Å². The molecule has 1 rings (SSSR count). The number of allylic oxidation sites excluding steroid dienone is 1. The van der Waals surface area contributed by atoms with Gasteiger partial charge in [0.1, 0.15) is 0 Å². The Hall–Kier alpha value is -0.120. The Balaban J connectivity index is 2.28. The molecule has 0 aliphatic heterocycles. The SMILES string of the molecule is OCCCC/C=C/c1sccc1Br. The molecular formula is C10H13BrOS. The van der Waals surface area contributed by atoms with Crippen LogP contribution >= 0.6 is 27.3 Å². The highest BCUT2D eigenvalue weighted by Gasteiger charge is 1.94. The molecule has 0 saturated heterocycles. The lowest BCUT2D eigenvalue weighted by atomic mass is 10.2. The van der Waals surface area contributed by atoms with E-state index in [0.717, 1.165) is 23.7 Å². The minimum absolute atomic E-state index is 0.302. The molecule has 13 heavy (non-hydrogen) atoms. The van der Waals surface area contributed by atoms with Gasteiger partial charge in [-0.15, -0.1) is 11.3 Å². The summed E-state index contributed by atoms with van der Waals surface area (Å²) < 4.78 is 1.16. The van der Waals surface area contributed by atoms with Crippen LogP contribution in [0.5, 0.6) is 0 Å². The fraction of sp³-hybridized carbons (Fsp3) is 0.400. The first-order chi connectivity index (χ1) is 6.34. The molecule has 0 spiro atoms. The summed E-state index contributed by atoms with van der Waals surface area (Å²) in [6, 6.07) is 2.05. The zero-order valence-corrected chi connectivity index (χ0v) is 9.77. The summed E-state index contributed by atoms with van der Waals surface area (Å²) in [7, 11) is 0. The molecule has 0 saturated carbocycles. The van der Waals surface area contributed by atoms with E-state index in [-0.39, 0.29) is 0 Å². The first-order valence-electron chi connectivity index (χ1n) is 4.35. The van der Waals surface area contributed by atoms with Gasteiger partial charge in [0, 0.05) is 16.0 Å². The highest BCUT2D eigenvalue weighted by atomic mass is 79.9. The number of aliphatic hydroxyl groups is 1. The van der Waals surface area contributed by atoms with Gasteiger partial charge < -0.3 is 5.11 Å². The summed E-state index contributed by atoms with van der Waals surface area (Å²) in [6.07, 6.45) is 7.30.